The van der Waals surface area contributed by atoms with Gasteiger partial charge in [-0.2, -0.15) is 0 Å². The Hall–Kier alpha value is -2.51. The Morgan fingerprint density at radius 3 is 2.32 bits per heavy atom. The molecule has 0 saturated carbocycles. The number of amides is 1. The number of para-hydroxylation sites is 2. The minimum atomic E-state index is -0.191. The molecule has 1 saturated heterocycles. The summed E-state index contributed by atoms with van der Waals surface area (Å²) < 4.78 is 0. The maximum absolute atomic E-state index is 12.9. The van der Waals surface area contributed by atoms with Crippen LogP contribution in [0.3, 0.4) is 0 Å². The minimum absolute atomic E-state index is 0.0105. The SMILES string of the molecule is CN(CCCc1nc2ccccc2[nH]1)CCCN1C(=O)CSC1c1cc(C(C)(C)C)c(O)c(C(C)(C)C)c1. The average molecular weight is 537 g/mol. The number of phenolic OH excluding ortho intramolecular Hbond substituents is 1. The second-order valence-electron chi connectivity index (χ2n) is 12.7. The van der Waals surface area contributed by atoms with Gasteiger partial charge in [-0.1, -0.05) is 53.7 Å². The molecule has 0 spiro atoms. The van der Waals surface area contributed by atoms with E-state index in [2.05, 4.69) is 81.7 Å². The summed E-state index contributed by atoms with van der Waals surface area (Å²) in [6.45, 7) is 15.5. The van der Waals surface area contributed by atoms with Gasteiger partial charge in [-0.05, 0) is 84.8 Å². The summed E-state index contributed by atoms with van der Waals surface area (Å²) in [5, 5.41) is 11.1. The molecular weight excluding hydrogens is 492 g/mol. The highest BCUT2D eigenvalue weighted by Crippen LogP contribution is 2.45. The summed E-state index contributed by atoms with van der Waals surface area (Å²) in [5.74, 6) is 2.14. The van der Waals surface area contributed by atoms with E-state index < -0.39 is 0 Å². The van der Waals surface area contributed by atoms with Crippen molar-refractivity contribution >= 4 is 28.7 Å². The van der Waals surface area contributed by atoms with Gasteiger partial charge in [0.15, 0.2) is 0 Å². The predicted octanol–water partition coefficient (Wildman–Crippen LogP) is 6.39. The fourth-order valence-corrected chi connectivity index (χ4v) is 6.38. The van der Waals surface area contributed by atoms with Crippen LogP contribution in [0.2, 0.25) is 0 Å². The molecule has 3 aromatic rings. The number of nitrogens with one attached hydrogen (secondary N) is 1. The molecule has 1 aromatic heterocycles. The molecule has 6 nitrogen and oxygen atoms in total. The smallest absolute Gasteiger partial charge is 0.233 e. The van der Waals surface area contributed by atoms with Crippen LogP contribution in [-0.4, -0.2) is 63.2 Å². The van der Waals surface area contributed by atoms with Crippen molar-refractivity contribution in [3.05, 3.63) is 58.9 Å². The third-order valence-corrected chi connectivity index (χ3v) is 8.59. The molecule has 1 amide bonds. The van der Waals surface area contributed by atoms with Crippen LogP contribution in [-0.2, 0) is 22.0 Å². The Kier molecular flexibility index (Phi) is 8.48. The van der Waals surface area contributed by atoms with Crippen LogP contribution in [0.5, 0.6) is 5.75 Å². The highest BCUT2D eigenvalue weighted by molar-refractivity contribution is 8.00. The van der Waals surface area contributed by atoms with Crippen molar-refractivity contribution in [2.45, 2.75) is 77.0 Å². The van der Waals surface area contributed by atoms with Gasteiger partial charge in [0.2, 0.25) is 5.91 Å². The van der Waals surface area contributed by atoms with Crippen LogP contribution in [0.1, 0.15) is 82.3 Å². The largest absolute Gasteiger partial charge is 0.507 e. The van der Waals surface area contributed by atoms with E-state index in [1.165, 1.54) is 0 Å². The van der Waals surface area contributed by atoms with E-state index in [0.717, 1.165) is 72.4 Å². The number of hydrogen-bond acceptors (Lipinski definition) is 5. The van der Waals surface area contributed by atoms with Crippen LogP contribution < -0.4 is 0 Å². The Balaban J connectivity index is 1.36. The van der Waals surface area contributed by atoms with Gasteiger partial charge in [-0.15, -0.1) is 11.8 Å². The molecule has 0 bridgehead atoms. The Morgan fingerprint density at radius 1 is 1.05 bits per heavy atom. The standard InChI is InChI=1S/C31H44N4O2S/c1-30(2,3)22-18-21(19-23(28(22)37)31(4,5)6)29-35(27(36)20-38-29)17-11-16-34(7)15-10-14-26-32-24-12-8-9-13-25(24)33-26/h8-9,12-13,18-19,29,37H,10-11,14-17,20H2,1-7H3,(H,32,33). The maximum atomic E-state index is 12.9. The van der Waals surface area contributed by atoms with E-state index >= 15 is 0 Å². The molecule has 206 valence electrons. The van der Waals surface area contributed by atoms with Crippen LogP contribution in [0.25, 0.3) is 11.0 Å². The van der Waals surface area contributed by atoms with Gasteiger partial charge in [-0.3, -0.25) is 4.79 Å². The molecule has 2 heterocycles. The molecule has 0 radical (unpaired) electrons. The van der Waals surface area contributed by atoms with Gasteiger partial charge in [0.25, 0.3) is 0 Å². The van der Waals surface area contributed by atoms with Crippen molar-refractivity contribution in [2.75, 3.05) is 32.4 Å². The topological polar surface area (TPSA) is 72.5 Å². The highest BCUT2D eigenvalue weighted by atomic mass is 32.2. The number of phenols is 1. The van der Waals surface area contributed by atoms with Gasteiger partial charge in [-0.25, -0.2) is 4.98 Å². The van der Waals surface area contributed by atoms with Crippen LogP contribution in [0.15, 0.2) is 36.4 Å². The first kappa shape index (κ1) is 28.5. The number of rotatable bonds is 9. The lowest BCUT2D eigenvalue weighted by atomic mass is 9.78. The molecule has 1 aliphatic rings. The first-order valence-electron chi connectivity index (χ1n) is 13.8. The van der Waals surface area contributed by atoms with E-state index in [0.29, 0.717) is 11.5 Å². The summed E-state index contributed by atoms with van der Waals surface area (Å²) in [5.41, 5.74) is 4.75. The summed E-state index contributed by atoms with van der Waals surface area (Å²) >= 11 is 1.70. The zero-order valence-electron chi connectivity index (χ0n) is 24.1. The molecule has 1 fully saturated rings. The van der Waals surface area contributed by atoms with E-state index in [1.54, 1.807) is 11.8 Å². The zero-order chi connectivity index (χ0) is 27.7. The molecule has 38 heavy (non-hydrogen) atoms. The normalized spacial score (nSPS) is 16.8. The molecule has 0 aliphatic carbocycles. The van der Waals surface area contributed by atoms with Gasteiger partial charge in [0.05, 0.1) is 16.8 Å². The van der Waals surface area contributed by atoms with Crippen LogP contribution >= 0.6 is 11.8 Å². The molecular formula is C31H44N4O2S. The molecule has 1 atom stereocenters. The number of nitrogens with zero attached hydrogens (tertiary/aromatic N) is 3. The Labute approximate surface area is 232 Å². The molecule has 7 heteroatoms. The monoisotopic (exact) mass is 536 g/mol. The number of hydrogen-bond donors (Lipinski definition) is 2. The summed E-state index contributed by atoms with van der Waals surface area (Å²) in [7, 11) is 2.15. The number of benzene rings is 2. The number of aromatic hydroxyl groups is 1. The van der Waals surface area contributed by atoms with E-state index in [4.69, 9.17) is 0 Å². The highest BCUT2D eigenvalue weighted by Gasteiger charge is 2.35. The average Bonchev–Trinajstić information content (AvgIpc) is 3.41. The fraction of sp³-hybridized carbons (Fsp3) is 0.548. The number of carbonyl (C=O) groups excluding carboxylic acids is 1. The number of thioether (sulfide) groups is 1. The van der Waals surface area contributed by atoms with Crippen molar-refractivity contribution in [3.63, 3.8) is 0 Å². The van der Waals surface area contributed by atoms with Gasteiger partial charge >= 0.3 is 0 Å². The lowest BCUT2D eigenvalue weighted by molar-refractivity contribution is -0.128. The summed E-state index contributed by atoms with van der Waals surface area (Å²) in [4.78, 5) is 25.4. The van der Waals surface area contributed by atoms with Crippen molar-refractivity contribution in [1.29, 1.82) is 0 Å². The third-order valence-electron chi connectivity index (χ3n) is 7.33. The Morgan fingerprint density at radius 2 is 1.68 bits per heavy atom. The molecule has 2 N–H and O–H groups in total. The number of aryl methyl sites for hydroxylation is 1. The number of fused-ring (bicyclic) bond motifs is 1. The molecule has 1 aliphatic heterocycles. The minimum Gasteiger partial charge on any atom is -0.507 e. The number of aromatic nitrogens is 2. The number of H-pyrrole nitrogens is 1. The second-order valence-corrected chi connectivity index (χ2v) is 13.7. The molecule has 1 unspecified atom stereocenters. The van der Waals surface area contributed by atoms with Crippen molar-refractivity contribution < 1.29 is 9.90 Å². The van der Waals surface area contributed by atoms with E-state index in [9.17, 15) is 9.90 Å². The van der Waals surface area contributed by atoms with Crippen LogP contribution in [0, 0.1) is 0 Å². The summed E-state index contributed by atoms with van der Waals surface area (Å²) in [6.07, 6.45) is 2.89. The maximum Gasteiger partial charge on any atom is 0.233 e. The quantitative estimate of drug-likeness (QED) is 0.331. The van der Waals surface area contributed by atoms with Crippen molar-refractivity contribution in [1.82, 2.24) is 19.8 Å². The first-order chi connectivity index (χ1) is 17.8. The lowest BCUT2D eigenvalue weighted by Gasteiger charge is -2.31. The van der Waals surface area contributed by atoms with Gasteiger partial charge in [0, 0.05) is 13.0 Å². The van der Waals surface area contributed by atoms with Gasteiger partial charge < -0.3 is 19.9 Å². The van der Waals surface area contributed by atoms with Crippen molar-refractivity contribution in [3.8, 4) is 5.75 Å². The van der Waals surface area contributed by atoms with Gasteiger partial charge in [0.1, 0.15) is 16.9 Å². The van der Waals surface area contributed by atoms with E-state index in [1.807, 2.05) is 23.1 Å². The van der Waals surface area contributed by atoms with Crippen molar-refractivity contribution in [2.24, 2.45) is 0 Å². The van der Waals surface area contributed by atoms with Crippen LogP contribution in [0.4, 0.5) is 0 Å². The zero-order valence-corrected chi connectivity index (χ0v) is 24.9. The molecule has 2 aromatic carbocycles. The second kappa shape index (κ2) is 11.3. The Bertz CT molecular complexity index is 1200. The summed E-state index contributed by atoms with van der Waals surface area (Å²) in [6, 6.07) is 12.4. The lowest BCUT2D eigenvalue weighted by Crippen LogP contribution is -2.32. The van der Waals surface area contributed by atoms with E-state index in [-0.39, 0.29) is 22.1 Å². The third kappa shape index (κ3) is 6.55. The number of aromatic amines is 1. The first-order valence-corrected chi connectivity index (χ1v) is 14.8. The number of carbonyl (C=O) groups is 1. The number of imidazole rings is 1. The predicted molar refractivity (Wildman–Crippen MR) is 159 cm³/mol. The fourth-order valence-electron chi connectivity index (χ4n) is 5.18. The molecule has 4 rings (SSSR count).